The van der Waals surface area contributed by atoms with E-state index in [4.69, 9.17) is 4.74 Å². The van der Waals surface area contributed by atoms with Crippen molar-refractivity contribution in [3.63, 3.8) is 0 Å². The van der Waals surface area contributed by atoms with E-state index < -0.39 is 23.4 Å². The van der Waals surface area contributed by atoms with Gasteiger partial charge in [-0.1, -0.05) is 30.3 Å². The van der Waals surface area contributed by atoms with Crippen molar-refractivity contribution in [1.82, 2.24) is 20.9 Å². The van der Waals surface area contributed by atoms with Gasteiger partial charge in [0.2, 0.25) is 5.54 Å². The van der Waals surface area contributed by atoms with Gasteiger partial charge in [0.25, 0.3) is 11.8 Å². The Balaban J connectivity index is 1.46. The van der Waals surface area contributed by atoms with Gasteiger partial charge in [0, 0.05) is 26.2 Å². The highest BCUT2D eigenvalue weighted by molar-refractivity contribution is 6.22. The van der Waals surface area contributed by atoms with Crippen molar-refractivity contribution < 1.29 is 19.1 Å². The average Bonchev–Trinajstić information content (AvgIpc) is 2.75. The molecule has 0 aromatic heterocycles. The number of piperidine rings is 1. The summed E-state index contributed by atoms with van der Waals surface area (Å²) in [6, 6.07) is 15.5. The zero-order chi connectivity index (χ0) is 21.5. The summed E-state index contributed by atoms with van der Waals surface area (Å²) in [4.78, 5) is 40.1. The number of nitrogens with one attached hydrogen (secondary N) is 3. The molecule has 3 saturated heterocycles. The van der Waals surface area contributed by atoms with Crippen molar-refractivity contribution in [3.05, 3.63) is 60.2 Å². The number of hydrogen-bond donors (Lipinski definition) is 3. The smallest absolute Gasteiger partial charge is 0.328 e. The summed E-state index contributed by atoms with van der Waals surface area (Å²) in [6.07, 6.45) is 1.79. The number of nitrogens with zero attached hydrogens (tertiary/aromatic N) is 1. The molecule has 3 aliphatic heterocycles. The fourth-order valence-corrected chi connectivity index (χ4v) is 4.79. The number of rotatable bonds is 4. The van der Waals surface area contributed by atoms with Crippen LogP contribution in [0.25, 0.3) is 0 Å². The molecule has 5 rings (SSSR count). The topological polar surface area (TPSA) is 99.8 Å². The van der Waals surface area contributed by atoms with Crippen molar-refractivity contribution in [2.24, 2.45) is 5.41 Å². The van der Waals surface area contributed by atoms with Crippen LogP contribution in [-0.2, 0) is 15.1 Å². The molecule has 0 saturated carbocycles. The summed E-state index contributed by atoms with van der Waals surface area (Å²) in [5.41, 5.74) is -0.821. The number of benzene rings is 2. The largest absolute Gasteiger partial charge is 0.457 e. The van der Waals surface area contributed by atoms with Gasteiger partial charge >= 0.3 is 6.03 Å². The average molecular weight is 420 g/mol. The van der Waals surface area contributed by atoms with E-state index in [1.54, 1.807) is 24.3 Å². The monoisotopic (exact) mass is 420 g/mol. The van der Waals surface area contributed by atoms with Crippen LogP contribution in [0, 0.1) is 5.41 Å². The molecule has 3 heterocycles. The number of ether oxygens (including phenoxy) is 1. The van der Waals surface area contributed by atoms with Crippen LogP contribution in [0.15, 0.2) is 54.6 Å². The Bertz CT molecular complexity index is 988. The third kappa shape index (κ3) is 3.28. The number of urea groups is 1. The van der Waals surface area contributed by atoms with Crippen LogP contribution in [0.4, 0.5) is 4.79 Å². The molecule has 2 aromatic carbocycles. The SMILES string of the molecule is O=C1NC(=O)C(c2ccc(Oc3ccccc3)cc2)(N2CCC3(CC2)CNC3)C(=O)N1. The first-order valence-electron chi connectivity index (χ1n) is 10.5. The van der Waals surface area contributed by atoms with Gasteiger partial charge in [-0.3, -0.25) is 25.1 Å². The summed E-state index contributed by atoms with van der Waals surface area (Å²) in [5.74, 6) is 0.0661. The van der Waals surface area contributed by atoms with Crippen LogP contribution >= 0.6 is 0 Å². The Hall–Kier alpha value is -3.23. The fraction of sp³-hybridized carbons (Fsp3) is 0.348. The minimum Gasteiger partial charge on any atom is -0.457 e. The van der Waals surface area contributed by atoms with E-state index in [1.807, 2.05) is 35.2 Å². The Morgan fingerprint density at radius 1 is 0.774 bits per heavy atom. The zero-order valence-corrected chi connectivity index (χ0v) is 17.0. The van der Waals surface area contributed by atoms with Crippen LogP contribution in [0.2, 0.25) is 0 Å². The first-order valence-corrected chi connectivity index (χ1v) is 10.5. The molecule has 2 aromatic rings. The number of hydrogen-bond acceptors (Lipinski definition) is 6. The van der Waals surface area contributed by atoms with Crippen molar-refractivity contribution in [2.75, 3.05) is 26.2 Å². The molecule has 4 amide bonds. The van der Waals surface area contributed by atoms with Gasteiger partial charge in [0.1, 0.15) is 11.5 Å². The lowest BCUT2D eigenvalue weighted by atomic mass is 9.71. The van der Waals surface area contributed by atoms with E-state index in [1.165, 1.54) is 0 Å². The van der Waals surface area contributed by atoms with Gasteiger partial charge in [0.05, 0.1) is 0 Å². The minimum absolute atomic E-state index is 0.252. The van der Waals surface area contributed by atoms with Gasteiger partial charge in [-0.05, 0) is 48.1 Å². The predicted octanol–water partition coefficient (Wildman–Crippen LogP) is 1.73. The molecule has 8 heteroatoms. The number of likely N-dealkylation sites (tertiary alicyclic amines) is 1. The normalized spacial score (nSPS) is 22.4. The first kappa shape index (κ1) is 19.7. The lowest BCUT2D eigenvalue weighted by Gasteiger charge is -2.52. The van der Waals surface area contributed by atoms with Gasteiger partial charge in [-0.25, -0.2) is 4.79 Å². The van der Waals surface area contributed by atoms with Crippen LogP contribution in [0.3, 0.4) is 0 Å². The highest BCUT2D eigenvalue weighted by atomic mass is 16.5. The number of para-hydroxylation sites is 1. The molecule has 160 valence electrons. The highest BCUT2D eigenvalue weighted by Crippen LogP contribution is 2.41. The van der Waals surface area contributed by atoms with Gasteiger partial charge in [-0.2, -0.15) is 0 Å². The van der Waals surface area contributed by atoms with Gasteiger partial charge in [-0.15, -0.1) is 0 Å². The third-order valence-corrected chi connectivity index (χ3v) is 6.66. The third-order valence-electron chi connectivity index (χ3n) is 6.66. The Labute approximate surface area is 179 Å². The van der Waals surface area contributed by atoms with Crippen molar-refractivity contribution >= 4 is 17.8 Å². The lowest BCUT2D eigenvalue weighted by Crippen LogP contribution is -2.73. The molecule has 0 aliphatic carbocycles. The maximum Gasteiger partial charge on any atom is 0.328 e. The summed E-state index contributed by atoms with van der Waals surface area (Å²) in [5, 5.41) is 7.93. The second kappa shape index (κ2) is 7.47. The second-order valence-corrected chi connectivity index (χ2v) is 8.48. The first-order chi connectivity index (χ1) is 15.0. The standard InChI is InChI=1S/C23H24N4O4/c28-19-23(20(29)26-21(30)25-19,27-12-10-22(11-13-27)14-24-15-22)16-6-8-18(9-7-16)31-17-4-2-1-3-5-17/h1-9,24H,10-15H2,(H2,25,26,28,29,30). The number of amides is 4. The van der Waals surface area contributed by atoms with Gasteiger partial charge in [0.15, 0.2) is 0 Å². The summed E-state index contributed by atoms with van der Waals surface area (Å²) in [6.45, 7) is 3.13. The van der Waals surface area contributed by atoms with Gasteiger partial charge < -0.3 is 10.1 Å². The Kier molecular flexibility index (Phi) is 4.75. The maximum atomic E-state index is 13.2. The lowest BCUT2D eigenvalue weighted by molar-refractivity contribution is -0.151. The van der Waals surface area contributed by atoms with E-state index in [9.17, 15) is 14.4 Å². The molecule has 0 unspecified atom stereocenters. The molecule has 0 atom stereocenters. The quantitative estimate of drug-likeness (QED) is 0.652. The van der Waals surface area contributed by atoms with Crippen molar-refractivity contribution in [1.29, 1.82) is 0 Å². The van der Waals surface area contributed by atoms with Crippen LogP contribution in [0.1, 0.15) is 18.4 Å². The van der Waals surface area contributed by atoms with Crippen molar-refractivity contribution in [2.45, 2.75) is 18.4 Å². The second-order valence-electron chi connectivity index (χ2n) is 8.48. The number of imide groups is 2. The fourth-order valence-electron chi connectivity index (χ4n) is 4.79. The van der Waals surface area contributed by atoms with Crippen LogP contribution in [-0.4, -0.2) is 48.9 Å². The molecule has 3 aliphatic rings. The minimum atomic E-state index is -1.59. The van der Waals surface area contributed by atoms with Crippen LogP contribution in [0.5, 0.6) is 11.5 Å². The molecule has 0 radical (unpaired) electrons. The van der Waals surface area contributed by atoms with E-state index in [-0.39, 0.29) is 5.41 Å². The molecule has 3 N–H and O–H groups in total. The van der Waals surface area contributed by atoms with E-state index in [0.29, 0.717) is 30.2 Å². The summed E-state index contributed by atoms with van der Waals surface area (Å²) >= 11 is 0. The summed E-state index contributed by atoms with van der Waals surface area (Å²) in [7, 11) is 0. The van der Waals surface area contributed by atoms with E-state index in [2.05, 4.69) is 16.0 Å². The highest BCUT2D eigenvalue weighted by Gasteiger charge is 2.57. The molecule has 3 fully saturated rings. The molecular formula is C23H24N4O4. The number of carbonyl (C=O) groups excluding carboxylic acids is 3. The Morgan fingerprint density at radius 2 is 1.35 bits per heavy atom. The molecule has 1 spiro atoms. The molecule has 8 nitrogen and oxygen atoms in total. The van der Waals surface area contributed by atoms with Crippen molar-refractivity contribution in [3.8, 4) is 11.5 Å². The zero-order valence-electron chi connectivity index (χ0n) is 17.0. The maximum absolute atomic E-state index is 13.2. The molecule has 0 bridgehead atoms. The van der Waals surface area contributed by atoms with E-state index >= 15 is 0 Å². The number of barbiturate groups is 1. The molecular weight excluding hydrogens is 396 g/mol. The van der Waals surface area contributed by atoms with Crippen LogP contribution < -0.4 is 20.7 Å². The number of carbonyl (C=O) groups is 3. The predicted molar refractivity (Wildman–Crippen MR) is 112 cm³/mol. The van der Waals surface area contributed by atoms with E-state index in [0.717, 1.165) is 25.9 Å². The summed E-state index contributed by atoms with van der Waals surface area (Å²) < 4.78 is 5.84. The molecule has 31 heavy (non-hydrogen) atoms. The Morgan fingerprint density at radius 3 is 1.90 bits per heavy atom.